The van der Waals surface area contributed by atoms with Crippen molar-refractivity contribution in [1.29, 1.82) is 0 Å². The molecule has 0 amide bonds. The minimum atomic E-state index is 0.0873. The molecule has 2 rings (SSSR count). The smallest absolute Gasteiger partial charge is 0.127 e. The van der Waals surface area contributed by atoms with Gasteiger partial charge in [0.05, 0.1) is 0 Å². The third-order valence-corrected chi connectivity index (χ3v) is 3.88. The zero-order chi connectivity index (χ0) is 12.3. The molecule has 0 aliphatic carbocycles. The van der Waals surface area contributed by atoms with Crippen LogP contribution in [-0.2, 0) is 4.79 Å². The van der Waals surface area contributed by atoms with Gasteiger partial charge < -0.3 is 9.69 Å². The van der Waals surface area contributed by atoms with E-state index in [2.05, 4.69) is 43.1 Å². The maximum atomic E-state index is 11.4. The summed E-state index contributed by atoms with van der Waals surface area (Å²) in [7, 11) is 2.15. The Morgan fingerprint density at radius 1 is 1.24 bits per heavy atom. The lowest BCUT2D eigenvalue weighted by molar-refractivity contribution is -0.110. The third kappa shape index (κ3) is 2.95. The van der Waals surface area contributed by atoms with Crippen LogP contribution in [0.25, 0.3) is 0 Å². The topological polar surface area (TPSA) is 20.3 Å². The zero-order valence-corrected chi connectivity index (χ0v) is 10.7. The number of carbonyl (C=O) groups is 1. The van der Waals surface area contributed by atoms with Crippen LogP contribution in [-0.4, -0.2) is 31.3 Å². The SMILES string of the molecule is Cc1ccc(C(C=O)C2CCN(C)CC2)cc1. The van der Waals surface area contributed by atoms with Gasteiger partial charge in [0.25, 0.3) is 0 Å². The second-order valence-electron chi connectivity index (χ2n) is 5.21. The van der Waals surface area contributed by atoms with E-state index in [0.29, 0.717) is 5.92 Å². The Morgan fingerprint density at radius 2 is 1.82 bits per heavy atom. The largest absolute Gasteiger partial charge is 0.306 e. The minimum absolute atomic E-state index is 0.0873. The first-order valence-electron chi connectivity index (χ1n) is 6.41. The molecule has 1 aromatic carbocycles. The molecule has 1 fully saturated rings. The van der Waals surface area contributed by atoms with Crippen molar-refractivity contribution in [2.45, 2.75) is 25.7 Å². The number of hydrogen-bond acceptors (Lipinski definition) is 2. The minimum Gasteiger partial charge on any atom is -0.306 e. The second-order valence-corrected chi connectivity index (χ2v) is 5.21. The maximum absolute atomic E-state index is 11.4. The summed E-state index contributed by atoms with van der Waals surface area (Å²) in [5, 5.41) is 0. The van der Waals surface area contributed by atoms with Gasteiger partial charge in [-0.15, -0.1) is 0 Å². The normalized spacial score (nSPS) is 20.1. The average Bonchev–Trinajstić information content (AvgIpc) is 2.35. The Balaban J connectivity index is 2.10. The molecule has 0 spiro atoms. The number of aldehydes is 1. The van der Waals surface area contributed by atoms with Gasteiger partial charge in [-0.2, -0.15) is 0 Å². The quantitative estimate of drug-likeness (QED) is 0.745. The summed E-state index contributed by atoms with van der Waals surface area (Å²) >= 11 is 0. The maximum Gasteiger partial charge on any atom is 0.127 e. The molecule has 1 heterocycles. The molecular formula is C15H21NO. The lowest BCUT2D eigenvalue weighted by atomic mass is 9.81. The molecule has 1 aromatic rings. The fourth-order valence-corrected chi connectivity index (χ4v) is 2.64. The van der Waals surface area contributed by atoms with Crippen LogP contribution in [0.15, 0.2) is 24.3 Å². The van der Waals surface area contributed by atoms with E-state index >= 15 is 0 Å². The fraction of sp³-hybridized carbons (Fsp3) is 0.533. The molecule has 92 valence electrons. The second kappa shape index (κ2) is 5.46. The van der Waals surface area contributed by atoms with Crippen LogP contribution in [0.2, 0.25) is 0 Å². The van der Waals surface area contributed by atoms with Gasteiger partial charge in [-0.3, -0.25) is 0 Å². The van der Waals surface area contributed by atoms with Gasteiger partial charge in [-0.1, -0.05) is 29.8 Å². The van der Waals surface area contributed by atoms with E-state index in [0.717, 1.165) is 32.2 Å². The molecular weight excluding hydrogens is 210 g/mol. The van der Waals surface area contributed by atoms with Crippen LogP contribution in [0.1, 0.15) is 29.9 Å². The van der Waals surface area contributed by atoms with Crippen molar-refractivity contribution in [1.82, 2.24) is 4.90 Å². The summed E-state index contributed by atoms with van der Waals surface area (Å²) in [6.07, 6.45) is 3.40. The van der Waals surface area contributed by atoms with Gasteiger partial charge in [-0.05, 0) is 51.4 Å². The van der Waals surface area contributed by atoms with Gasteiger partial charge in [0, 0.05) is 5.92 Å². The van der Waals surface area contributed by atoms with Crippen LogP contribution < -0.4 is 0 Å². The van der Waals surface area contributed by atoms with Crippen molar-refractivity contribution in [3.8, 4) is 0 Å². The molecule has 0 radical (unpaired) electrons. The Morgan fingerprint density at radius 3 is 2.35 bits per heavy atom. The molecule has 2 heteroatoms. The van der Waals surface area contributed by atoms with E-state index in [1.165, 1.54) is 11.1 Å². The monoisotopic (exact) mass is 231 g/mol. The summed E-state index contributed by atoms with van der Waals surface area (Å²) in [5.74, 6) is 0.607. The predicted molar refractivity (Wildman–Crippen MR) is 70.2 cm³/mol. The van der Waals surface area contributed by atoms with Crippen molar-refractivity contribution >= 4 is 6.29 Å². The highest BCUT2D eigenvalue weighted by molar-refractivity contribution is 5.62. The molecule has 1 aliphatic heterocycles. The molecule has 0 bridgehead atoms. The molecule has 0 N–H and O–H groups in total. The van der Waals surface area contributed by atoms with Gasteiger partial charge in [-0.25, -0.2) is 0 Å². The van der Waals surface area contributed by atoms with Gasteiger partial charge in [0.2, 0.25) is 0 Å². The van der Waals surface area contributed by atoms with Crippen molar-refractivity contribution in [3.05, 3.63) is 35.4 Å². The van der Waals surface area contributed by atoms with Gasteiger partial charge >= 0.3 is 0 Å². The number of aryl methyl sites for hydroxylation is 1. The Labute approximate surface area is 104 Å². The number of nitrogens with zero attached hydrogens (tertiary/aromatic N) is 1. The number of benzene rings is 1. The van der Waals surface area contributed by atoms with E-state index in [9.17, 15) is 4.79 Å². The number of hydrogen-bond donors (Lipinski definition) is 0. The number of carbonyl (C=O) groups excluding carboxylic acids is 1. The first-order valence-corrected chi connectivity index (χ1v) is 6.41. The molecule has 17 heavy (non-hydrogen) atoms. The van der Waals surface area contributed by atoms with E-state index in [4.69, 9.17) is 0 Å². The van der Waals surface area contributed by atoms with E-state index in [1.54, 1.807) is 0 Å². The fourth-order valence-electron chi connectivity index (χ4n) is 2.64. The van der Waals surface area contributed by atoms with Crippen molar-refractivity contribution < 1.29 is 4.79 Å². The molecule has 2 nitrogen and oxygen atoms in total. The van der Waals surface area contributed by atoms with Crippen molar-refractivity contribution in [2.75, 3.05) is 20.1 Å². The first kappa shape index (κ1) is 12.3. The average molecular weight is 231 g/mol. The van der Waals surface area contributed by atoms with Crippen molar-refractivity contribution in [3.63, 3.8) is 0 Å². The third-order valence-electron chi connectivity index (χ3n) is 3.88. The molecule has 0 saturated carbocycles. The summed E-state index contributed by atoms with van der Waals surface area (Å²) in [6.45, 7) is 4.30. The Hall–Kier alpha value is -1.15. The molecule has 1 saturated heterocycles. The van der Waals surface area contributed by atoms with E-state index < -0.39 is 0 Å². The first-order chi connectivity index (χ1) is 8.20. The predicted octanol–water partition coefficient (Wildman–Crippen LogP) is 2.62. The lowest BCUT2D eigenvalue weighted by Gasteiger charge is -2.32. The summed E-state index contributed by atoms with van der Waals surface area (Å²) in [6, 6.07) is 8.40. The Bertz CT molecular complexity index is 363. The summed E-state index contributed by atoms with van der Waals surface area (Å²) < 4.78 is 0. The summed E-state index contributed by atoms with van der Waals surface area (Å²) in [4.78, 5) is 13.7. The highest BCUT2D eigenvalue weighted by Crippen LogP contribution is 2.31. The number of likely N-dealkylation sites (tertiary alicyclic amines) is 1. The molecule has 0 aromatic heterocycles. The lowest BCUT2D eigenvalue weighted by Crippen LogP contribution is -2.33. The van der Waals surface area contributed by atoms with Gasteiger partial charge in [0.15, 0.2) is 0 Å². The number of rotatable bonds is 3. The highest BCUT2D eigenvalue weighted by Gasteiger charge is 2.26. The molecule has 1 unspecified atom stereocenters. The highest BCUT2D eigenvalue weighted by atomic mass is 16.1. The van der Waals surface area contributed by atoms with E-state index in [-0.39, 0.29) is 5.92 Å². The van der Waals surface area contributed by atoms with Crippen LogP contribution in [0.5, 0.6) is 0 Å². The van der Waals surface area contributed by atoms with Crippen LogP contribution >= 0.6 is 0 Å². The van der Waals surface area contributed by atoms with Crippen molar-refractivity contribution in [2.24, 2.45) is 5.92 Å². The molecule has 1 aliphatic rings. The Kier molecular flexibility index (Phi) is 3.95. The molecule has 1 atom stereocenters. The van der Waals surface area contributed by atoms with E-state index in [1.807, 2.05) is 0 Å². The number of piperidine rings is 1. The standard InChI is InChI=1S/C15H21NO/c1-12-3-5-13(6-4-12)15(11-17)14-7-9-16(2)10-8-14/h3-6,11,14-15H,7-10H2,1-2H3. The van der Waals surface area contributed by atoms with Crippen LogP contribution in [0, 0.1) is 12.8 Å². The van der Waals surface area contributed by atoms with Crippen LogP contribution in [0.4, 0.5) is 0 Å². The summed E-state index contributed by atoms with van der Waals surface area (Å²) in [5.41, 5.74) is 2.43. The van der Waals surface area contributed by atoms with Crippen LogP contribution in [0.3, 0.4) is 0 Å². The van der Waals surface area contributed by atoms with Gasteiger partial charge in [0.1, 0.15) is 6.29 Å². The zero-order valence-electron chi connectivity index (χ0n) is 10.7.